The van der Waals surface area contributed by atoms with Crippen LogP contribution < -0.4 is 5.32 Å². The van der Waals surface area contributed by atoms with Crippen molar-refractivity contribution in [3.63, 3.8) is 0 Å². The average molecular weight is 289 g/mol. The summed E-state index contributed by atoms with van der Waals surface area (Å²) in [5, 5.41) is 12.1. The van der Waals surface area contributed by atoms with E-state index >= 15 is 0 Å². The molecule has 116 valence electrons. The van der Waals surface area contributed by atoms with Crippen molar-refractivity contribution >= 4 is 5.91 Å². The molecule has 0 bridgehead atoms. The number of aromatic hydroxyl groups is 1. The van der Waals surface area contributed by atoms with Gasteiger partial charge in [-0.25, -0.2) is 0 Å². The number of hydrogen-bond donors (Lipinski definition) is 2. The topological polar surface area (TPSA) is 49.3 Å². The molecule has 0 saturated heterocycles. The van der Waals surface area contributed by atoms with E-state index in [1.807, 2.05) is 18.2 Å². The summed E-state index contributed by atoms with van der Waals surface area (Å²) in [4.78, 5) is 11.7. The van der Waals surface area contributed by atoms with Crippen molar-refractivity contribution in [3.05, 3.63) is 42.5 Å². The molecule has 0 aliphatic heterocycles. The molecule has 0 atom stereocenters. The summed E-state index contributed by atoms with van der Waals surface area (Å²) in [6.45, 7) is 4.24. The minimum atomic E-state index is 0.106. The van der Waals surface area contributed by atoms with Crippen LogP contribution in [0.4, 0.5) is 0 Å². The Morgan fingerprint density at radius 2 is 1.67 bits per heavy atom. The minimum absolute atomic E-state index is 0.106. The highest BCUT2D eigenvalue weighted by Gasteiger charge is 2.01. The minimum Gasteiger partial charge on any atom is -0.508 e. The second kappa shape index (κ2) is 11.0. The summed E-state index contributed by atoms with van der Waals surface area (Å²) in [5.41, 5.74) is 1.00. The smallest absolute Gasteiger partial charge is 0.220 e. The van der Waals surface area contributed by atoms with Crippen LogP contribution in [-0.4, -0.2) is 11.0 Å². The number of hydrogen-bond acceptors (Lipinski definition) is 2. The van der Waals surface area contributed by atoms with Gasteiger partial charge in [-0.05, 0) is 37.0 Å². The monoisotopic (exact) mass is 289 g/mol. The summed E-state index contributed by atoms with van der Waals surface area (Å²) in [6.07, 6.45) is 10.7. The quantitative estimate of drug-likeness (QED) is 0.471. The molecule has 1 amide bonds. The largest absolute Gasteiger partial charge is 0.508 e. The van der Waals surface area contributed by atoms with Crippen LogP contribution >= 0.6 is 0 Å². The number of benzene rings is 1. The SMILES string of the molecule is C=CCCCCCCCCC(=O)NCc1ccc(O)cc1. The fourth-order valence-corrected chi connectivity index (χ4v) is 2.18. The number of phenols is 1. The molecule has 0 aliphatic rings. The van der Waals surface area contributed by atoms with Gasteiger partial charge in [0.2, 0.25) is 5.91 Å². The van der Waals surface area contributed by atoms with Gasteiger partial charge in [0.25, 0.3) is 0 Å². The molecular formula is C18H27NO2. The van der Waals surface area contributed by atoms with Crippen LogP contribution in [0.5, 0.6) is 5.75 Å². The summed E-state index contributed by atoms with van der Waals surface area (Å²) >= 11 is 0. The van der Waals surface area contributed by atoms with Gasteiger partial charge in [0.15, 0.2) is 0 Å². The zero-order valence-corrected chi connectivity index (χ0v) is 12.8. The van der Waals surface area contributed by atoms with Crippen LogP contribution in [0.1, 0.15) is 56.9 Å². The highest BCUT2D eigenvalue weighted by atomic mass is 16.3. The molecule has 0 radical (unpaired) electrons. The van der Waals surface area contributed by atoms with Gasteiger partial charge in [0, 0.05) is 13.0 Å². The fourth-order valence-electron chi connectivity index (χ4n) is 2.18. The van der Waals surface area contributed by atoms with E-state index in [2.05, 4.69) is 11.9 Å². The Hall–Kier alpha value is -1.77. The van der Waals surface area contributed by atoms with Crippen molar-refractivity contribution in [2.24, 2.45) is 0 Å². The lowest BCUT2D eigenvalue weighted by atomic mass is 10.1. The molecule has 1 rings (SSSR count). The predicted molar refractivity (Wildman–Crippen MR) is 87.1 cm³/mol. The Bertz CT molecular complexity index is 412. The first-order valence-corrected chi connectivity index (χ1v) is 7.88. The van der Waals surface area contributed by atoms with E-state index in [-0.39, 0.29) is 11.7 Å². The van der Waals surface area contributed by atoms with Gasteiger partial charge in [0.05, 0.1) is 0 Å². The second-order valence-electron chi connectivity index (χ2n) is 5.39. The van der Waals surface area contributed by atoms with E-state index < -0.39 is 0 Å². The van der Waals surface area contributed by atoms with Gasteiger partial charge in [-0.3, -0.25) is 4.79 Å². The van der Waals surface area contributed by atoms with Gasteiger partial charge < -0.3 is 10.4 Å². The third-order valence-electron chi connectivity index (χ3n) is 3.49. The van der Waals surface area contributed by atoms with E-state index in [0.717, 1.165) is 24.8 Å². The second-order valence-corrected chi connectivity index (χ2v) is 5.39. The molecule has 21 heavy (non-hydrogen) atoms. The van der Waals surface area contributed by atoms with Crippen molar-refractivity contribution in [1.82, 2.24) is 5.32 Å². The highest BCUT2D eigenvalue weighted by Crippen LogP contribution is 2.10. The molecule has 3 heteroatoms. The van der Waals surface area contributed by atoms with E-state index in [1.54, 1.807) is 12.1 Å². The molecule has 0 unspecified atom stereocenters. The van der Waals surface area contributed by atoms with Crippen molar-refractivity contribution in [1.29, 1.82) is 0 Å². The summed E-state index contributed by atoms with van der Waals surface area (Å²) in [7, 11) is 0. The number of carbonyl (C=O) groups is 1. The fraction of sp³-hybridized carbons (Fsp3) is 0.500. The number of unbranched alkanes of at least 4 members (excludes halogenated alkanes) is 6. The van der Waals surface area contributed by atoms with E-state index in [9.17, 15) is 9.90 Å². The lowest BCUT2D eigenvalue weighted by Gasteiger charge is -2.05. The molecule has 2 N–H and O–H groups in total. The molecule has 0 saturated carbocycles. The number of carbonyl (C=O) groups excluding carboxylic acids is 1. The van der Waals surface area contributed by atoms with Gasteiger partial charge in [-0.2, -0.15) is 0 Å². The lowest BCUT2D eigenvalue weighted by Crippen LogP contribution is -2.22. The Labute approximate surface area is 128 Å². The van der Waals surface area contributed by atoms with Crippen molar-refractivity contribution < 1.29 is 9.90 Å². The van der Waals surface area contributed by atoms with Crippen LogP contribution in [0.15, 0.2) is 36.9 Å². The number of amides is 1. The average Bonchev–Trinajstić information content (AvgIpc) is 2.49. The first-order valence-electron chi connectivity index (χ1n) is 7.88. The summed E-state index contributed by atoms with van der Waals surface area (Å²) < 4.78 is 0. The number of allylic oxidation sites excluding steroid dienone is 1. The van der Waals surface area contributed by atoms with Crippen LogP contribution in [0, 0.1) is 0 Å². The Kier molecular flexibility index (Phi) is 9.01. The third kappa shape index (κ3) is 8.90. The third-order valence-corrected chi connectivity index (χ3v) is 3.49. The highest BCUT2D eigenvalue weighted by molar-refractivity contribution is 5.75. The van der Waals surface area contributed by atoms with E-state index in [0.29, 0.717) is 13.0 Å². The molecule has 0 aliphatic carbocycles. The number of nitrogens with one attached hydrogen (secondary N) is 1. The van der Waals surface area contributed by atoms with Crippen LogP contribution in [0.3, 0.4) is 0 Å². The maximum atomic E-state index is 11.7. The molecule has 0 aromatic heterocycles. The van der Waals surface area contributed by atoms with Crippen LogP contribution in [-0.2, 0) is 11.3 Å². The molecule has 0 spiro atoms. The van der Waals surface area contributed by atoms with E-state index in [1.165, 1.54) is 25.7 Å². The van der Waals surface area contributed by atoms with Crippen LogP contribution in [0.25, 0.3) is 0 Å². The molecule has 3 nitrogen and oxygen atoms in total. The van der Waals surface area contributed by atoms with E-state index in [4.69, 9.17) is 0 Å². The van der Waals surface area contributed by atoms with Gasteiger partial charge in [-0.15, -0.1) is 6.58 Å². The summed E-state index contributed by atoms with van der Waals surface area (Å²) in [5.74, 6) is 0.355. The lowest BCUT2D eigenvalue weighted by molar-refractivity contribution is -0.121. The Morgan fingerprint density at radius 3 is 2.33 bits per heavy atom. The first-order chi connectivity index (χ1) is 10.2. The molecular weight excluding hydrogens is 262 g/mol. The van der Waals surface area contributed by atoms with Gasteiger partial charge in [-0.1, -0.05) is 43.9 Å². The van der Waals surface area contributed by atoms with Crippen molar-refractivity contribution in [3.8, 4) is 5.75 Å². The Balaban J connectivity index is 1.99. The zero-order chi connectivity index (χ0) is 15.3. The van der Waals surface area contributed by atoms with Gasteiger partial charge >= 0.3 is 0 Å². The zero-order valence-electron chi connectivity index (χ0n) is 12.8. The molecule has 0 heterocycles. The number of rotatable bonds is 11. The summed E-state index contributed by atoms with van der Waals surface area (Å²) in [6, 6.07) is 6.90. The molecule has 1 aromatic rings. The van der Waals surface area contributed by atoms with Crippen molar-refractivity contribution in [2.45, 2.75) is 57.9 Å². The van der Waals surface area contributed by atoms with Gasteiger partial charge in [0.1, 0.15) is 5.75 Å². The molecule has 0 fully saturated rings. The standard InChI is InChI=1S/C18H27NO2/c1-2-3-4-5-6-7-8-9-10-18(21)19-15-16-11-13-17(20)14-12-16/h2,11-14,20H,1,3-10,15H2,(H,19,21). The normalized spacial score (nSPS) is 10.3. The first kappa shape index (κ1) is 17.3. The predicted octanol–water partition coefficient (Wildman–Crippen LogP) is 4.32. The maximum absolute atomic E-state index is 11.7. The number of phenolic OH excluding ortho intramolecular Hbond substituents is 1. The molecule has 1 aromatic carbocycles. The van der Waals surface area contributed by atoms with Crippen LogP contribution in [0.2, 0.25) is 0 Å². The maximum Gasteiger partial charge on any atom is 0.220 e. The van der Waals surface area contributed by atoms with Crippen molar-refractivity contribution in [2.75, 3.05) is 0 Å². The Morgan fingerprint density at radius 1 is 1.05 bits per heavy atom.